The summed E-state index contributed by atoms with van der Waals surface area (Å²) in [5.41, 5.74) is 1.60. The highest BCUT2D eigenvalue weighted by Crippen LogP contribution is 2.20. The Morgan fingerprint density at radius 2 is 1.89 bits per heavy atom. The van der Waals surface area contributed by atoms with E-state index in [9.17, 15) is 9.59 Å². The van der Waals surface area contributed by atoms with Gasteiger partial charge in [0, 0.05) is 0 Å². The number of rotatable bonds is 2. The van der Waals surface area contributed by atoms with Gasteiger partial charge in [0.2, 0.25) is 0 Å². The van der Waals surface area contributed by atoms with Crippen molar-refractivity contribution in [3.63, 3.8) is 0 Å². The third-order valence-electron chi connectivity index (χ3n) is 2.61. The molecular formula is C11H9N5O3. The molecule has 0 aliphatic rings. The Kier molecular flexibility index (Phi) is 2.41. The lowest BCUT2D eigenvalue weighted by Gasteiger charge is -1.92. The van der Waals surface area contributed by atoms with Crippen LogP contribution in [0.15, 0.2) is 42.5 Å². The molecule has 0 atom stereocenters. The van der Waals surface area contributed by atoms with E-state index in [4.69, 9.17) is 0 Å². The van der Waals surface area contributed by atoms with E-state index in [1.165, 1.54) is 0 Å². The highest BCUT2D eigenvalue weighted by atomic mass is 16.5. The first kappa shape index (κ1) is 11.2. The minimum Gasteiger partial charge on any atom is -0.336 e. The van der Waals surface area contributed by atoms with Crippen molar-refractivity contribution in [2.24, 2.45) is 10.2 Å². The highest BCUT2D eigenvalue weighted by molar-refractivity contribution is 5.77. The number of H-pyrrole nitrogens is 3. The maximum Gasteiger partial charge on any atom is 0.384 e. The molecular weight excluding hydrogens is 250 g/mol. The van der Waals surface area contributed by atoms with Crippen LogP contribution >= 0.6 is 0 Å². The maximum atomic E-state index is 11.3. The van der Waals surface area contributed by atoms with Crippen LogP contribution in [0.5, 0.6) is 0 Å². The van der Waals surface area contributed by atoms with E-state index >= 15 is 0 Å². The molecule has 2 aromatic heterocycles. The number of aromatic nitrogens is 3. The zero-order valence-corrected chi connectivity index (χ0v) is 9.85. The normalized spacial score (nSPS) is 11.6. The zero-order chi connectivity index (χ0) is 13.4. The number of hydrogen-bond donors (Lipinski definition) is 3. The van der Waals surface area contributed by atoms with Crippen molar-refractivity contribution in [2.75, 3.05) is 0 Å². The van der Waals surface area contributed by atoms with Crippen LogP contribution in [0, 0.1) is 6.92 Å². The fraction of sp³-hybridized carbons (Fsp3) is 0.0909. The second-order valence-corrected chi connectivity index (χ2v) is 3.97. The topological polar surface area (TPSA) is 119 Å². The number of imidazole rings is 1. The van der Waals surface area contributed by atoms with Gasteiger partial charge in [0.25, 0.3) is 0 Å². The summed E-state index contributed by atoms with van der Waals surface area (Å²) in [6.07, 6.45) is 0. The molecule has 0 bridgehead atoms. The van der Waals surface area contributed by atoms with Gasteiger partial charge < -0.3 is 14.5 Å². The Bertz CT molecular complexity index is 879. The summed E-state index contributed by atoms with van der Waals surface area (Å²) in [6.45, 7) is 1.66. The minimum absolute atomic E-state index is 0.127. The molecule has 0 saturated carbocycles. The van der Waals surface area contributed by atoms with Gasteiger partial charge in [0.05, 0.1) is 22.4 Å². The maximum absolute atomic E-state index is 11.3. The molecule has 0 unspecified atom stereocenters. The van der Waals surface area contributed by atoms with Gasteiger partial charge in [0.1, 0.15) is 0 Å². The molecule has 8 heteroatoms. The molecule has 0 amide bonds. The van der Waals surface area contributed by atoms with Crippen molar-refractivity contribution in [3.8, 4) is 0 Å². The number of fused-ring (bicyclic) bond motifs is 1. The Morgan fingerprint density at radius 1 is 1.11 bits per heavy atom. The minimum atomic E-state index is -0.572. The van der Waals surface area contributed by atoms with Gasteiger partial charge in [-0.3, -0.25) is 0 Å². The smallest absolute Gasteiger partial charge is 0.336 e. The van der Waals surface area contributed by atoms with E-state index in [-0.39, 0.29) is 11.4 Å². The summed E-state index contributed by atoms with van der Waals surface area (Å²) >= 11 is 0. The Labute approximate surface area is 105 Å². The van der Waals surface area contributed by atoms with E-state index in [0.29, 0.717) is 22.4 Å². The van der Waals surface area contributed by atoms with Gasteiger partial charge in [-0.05, 0) is 25.1 Å². The Morgan fingerprint density at radius 3 is 2.63 bits per heavy atom. The molecule has 0 aliphatic heterocycles. The Balaban J connectivity index is 2.01. The summed E-state index contributed by atoms with van der Waals surface area (Å²) in [5, 5.41) is 10.2. The molecule has 3 aromatic rings. The zero-order valence-electron chi connectivity index (χ0n) is 9.85. The predicted molar refractivity (Wildman–Crippen MR) is 67.2 cm³/mol. The number of aromatic amines is 3. The van der Waals surface area contributed by atoms with Crippen molar-refractivity contribution < 1.29 is 4.52 Å². The van der Waals surface area contributed by atoms with Crippen molar-refractivity contribution in [1.82, 2.24) is 15.1 Å². The first-order valence-corrected chi connectivity index (χ1v) is 5.45. The molecule has 0 spiro atoms. The molecule has 1 aromatic carbocycles. The lowest BCUT2D eigenvalue weighted by molar-refractivity contribution is 0.388. The number of aryl methyl sites for hydroxylation is 1. The molecule has 96 valence electrons. The van der Waals surface area contributed by atoms with E-state index in [0.717, 1.165) is 0 Å². The molecule has 8 nitrogen and oxygen atoms in total. The number of hydrogen-bond acceptors (Lipinski definition) is 5. The molecule has 0 aliphatic carbocycles. The molecule has 19 heavy (non-hydrogen) atoms. The second kappa shape index (κ2) is 4.09. The van der Waals surface area contributed by atoms with Crippen molar-refractivity contribution >= 4 is 22.4 Å². The summed E-state index contributed by atoms with van der Waals surface area (Å²) in [4.78, 5) is 27.6. The van der Waals surface area contributed by atoms with Gasteiger partial charge >= 0.3 is 11.3 Å². The van der Waals surface area contributed by atoms with Crippen LogP contribution in [0.25, 0.3) is 11.0 Å². The number of nitrogens with zero attached hydrogens (tertiary/aromatic N) is 2. The average molecular weight is 259 g/mol. The van der Waals surface area contributed by atoms with E-state index in [1.54, 1.807) is 25.1 Å². The first-order valence-electron chi connectivity index (χ1n) is 5.45. The third-order valence-corrected chi connectivity index (χ3v) is 2.61. The highest BCUT2D eigenvalue weighted by Gasteiger charge is 2.06. The first-order chi connectivity index (χ1) is 9.13. The molecule has 0 fully saturated rings. The second-order valence-electron chi connectivity index (χ2n) is 3.97. The van der Waals surface area contributed by atoms with E-state index < -0.39 is 5.63 Å². The predicted octanol–water partition coefficient (Wildman–Crippen LogP) is 1.86. The van der Waals surface area contributed by atoms with Gasteiger partial charge in [-0.25, -0.2) is 14.7 Å². The average Bonchev–Trinajstić information content (AvgIpc) is 2.89. The molecule has 2 heterocycles. The number of azo groups is 1. The lowest BCUT2D eigenvalue weighted by Crippen LogP contribution is -1.99. The van der Waals surface area contributed by atoms with Crippen molar-refractivity contribution in [1.29, 1.82) is 0 Å². The Hall–Kier alpha value is -2.90. The fourth-order valence-corrected chi connectivity index (χ4v) is 1.68. The quantitative estimate of drug-likeness (QED) is 0.609. The summed E-state index contributed by atoms with van der Waals surface area (Å²) in [6, 6.07) is 5.04. The van der Waals surface area contributed by atoms with Crippen LogP contribution in [0.3, 0.4) is 0 Å². The standard InChI is InChI=1S/C11H9N5O3/c1-5-9(10(17)19-16-5)15-14-6-2-3-7-8(4-6)13-11(18)12-7/h2-4,16H,1H3,(H2,12,13,18). The largest absolute Gasteiger partial charge is 0.384 e. The van der Waals surface area contributed by atoms with Gasteiger partial charge in [-0.1, -0.05) is 0 Å². The van der Waals surface area contributed by atoms with Crippen LogP contribution in [0.2, 0.25) is 0 Å². The molecule has 0 radical (unpaired) electrons. The lowest BCUT2D eigenvalue weighted by atomic mass is 10.3. The van der Waals surface area contributed by atoms with E-state index in [1.807, 2.05) is 0 Å². The van der Waals surface area contributed by atoms with Crippen LogP contribution < -0.4 is 11.3 Å². The SMILES string of the molecule is Cc1[nH]oc(=O)c1N=Nc1ccc2[nH]c(=O)[nH]c2c1. The van der Waals surface area contributed by atoms with Crippen molar-refractivity contribution in [2.45, 2.75) is 6.92 Å². The van der Waals surface area contributed by atoms with Crippen LogP contribution in [0.4, 0.5) is 11.4 Å². The third kappa shape index (κ3) is 1.99. The van der Waals surface area contributed by atoms with Crippen LogP contribution in [-0.2, 0) is 0 Å². The molecule has 3 rings (SSSR count). The number of benzene rings is 1. The molecule has 3 N–H and O–H groups in total. The summed E-state index contributed by atoms with van der Waals surface area (Å²) < 4.78 is 4.57. The van der Waals surface area contributed by atoms with Crippen molar-refractivity contribution in [3.05, 3.63) is 44.8 Å². The molecule has 0 saturated heterocycles. The number of nitrogens with one attached hydrogen (secondary N) is 3. The summed E-state index contributed by atoms with van der Waals surface area (Å²) in [5.74, 6) is 0. The monoisotopic (exact) mass is 259 g/mol. The summed E-state index contributed by atoms with van der Waals surface area (Å²) in [7, 11) is 0. The van der Waals surface area contributed by atoms with Crippen LogP contribution in [-0.4, -0.2) is 15.1 Å². The van der Waals surface area contributed by atoms with Gasteiger partial charge in [-0.2, -0.15) is 5.11 Å². The van der Waals surface area contributed by atoms with Gasteiger partial charge in [0.15, 0.2) is 5.69 Å². The fourth-order valence-electron chi connectivity index (χ4n) is 1.68. The van der Waals surface area contributed by atoms with Gasteiger partial charge in [-0.15, -0.1) is 5.11 Å². The van der Waals surface area contributed by atoms with Crippen LogP contribution in [0.1, 0.15) is 5.69 Å². The van der Waals surface area contributed by atoms with E-state index in [2.05, 4.69) is 29.9 Å².